The van der Waals surface area contributed by atoms with Crippen molar-refractivity contribution in [1.29, 1.82) is 0 Å². The first kappa shape index (κ1) is 16.1. The molecule has 0 aromatic carbocycles. The van der Waals surface area contributed by atoms with Crippen molar-refractivity contribution in [2.75, 3.05) is 6.54 Å². The molecule has 0 atom stereocenters. The van der Waals surface area contributed by atoms with E-state index in [9.17, 15) is 14.4 Å². The summed E-state index contributed by atoms with van der Waals surface area (Å²) in [6, 6.07) is 3.22. The summed E-state index contributed by atoms with van der Waals surface area (Å²) in [5.74, 6) is -0.259. The van der Waals surface area contributed by atoms with Crippen LogP contribution >= 0.6 is 11.3 Å². The second-order valence-corrected chi connectivity index (χ2v) is 6.39. The van der Waals surface area contributed by atoms with Gasteiger partial charge in [-0.15, -0.1) is 11.3 Å². The predicted molar refractivity (Wildman–Crippen MR) is 90.5 cm³/mol. The van der Waals surface area contributed by atoms with E-state index in [1.807, 2.05) is 6.92 Å². The Kier molecular flexibility index (Phi) is 4.26. The number of carbonyl (C=O) groups is 1. The minimum Gasteiger partial charge on any atom is -0.349 e. The fourth-order valence-corrected chi connectivity index (χ4v) is 3.23. The first-order valence-electron chi connectivity index (χ1n) is 7.27. The lowest BCUT2D eigenvalue weighted by Crippen LogP contribution is -2.39. The van der Waals surface area contributed by atoms with Crippen molar-refractivity contribution in [2.45, 2.75) is 20.4 Å². The highest BCUT2D eigenvalue weighted by Gasteiger charge is 2.14. The highest BCUT2D eigenvalue weighted by atomic mass is 32.1. The SMILES string of the molecule is Cc1nc(C)c(C(=O)NCCn2c(=O)[nH]c3ncccc3c2=O)s1. The van der Waals surface area contributed by atoms with Crippen LogP contribution in [-0.2, 0) is 6.54 Å². The van der Waals surface area contributed by atoms with Gasteiger partial charge in [-0.1, -0.05) is 0 Å². The molecule has 9 heteroatoms. The van der Waals surface area contributed by atoms with E-state index in [0.29, 0.717) is 16.0 Å². The van der Waals surface area contributed by atoms with Crippen LogP contribution in [-0.4, -0.2) is 32.0 Å². The molecule has 3 heterocycles. The number of H-pyrrole nitrogens is 1. The topological polar surface area (TPSA) is 110 Å². The Morgan fingerprint density at radius 1 is 1.38 bits per heavy atom. The normalized spacial score (nSPS) is 10.9. The van der Waals surface area contributed by atoms with Gasteiger partial charge in [0, 0.05) is 19.3 Å². The largest absolute Gasteiger partial charge is 0.349 e. The third-order valence-electron chi connectivity index (χ3n) is 3.48. The van der Waals surface area contributed by atoms with Gasteiger partial charge in [-0.05, 0) is 26.0 Å². The number of aromatic nitrogens is 4. The third-order valence-corrected chi connectivity index (χ3v) is 4.56. The first-order valence-corrected chi connectivity index (χ1v) is 8.09. The lowest BCUT2D eigenvalue weighted by atomic mass is 10.3. The maximum absolute atomic E-state index is 12.3. The molecule has 0 spiro atoms. The van der Waals surface area contributed by atoms with Crippen LogP contribution < -0.4 is 16.6 Å². The van der Waals surface area contributed by atoms with Gasteiger partial charge in [-0.25, -0.2) is 14.8 Å². The Balaban J connectivity index is 1.77. The first-order chi connectivity index (χ1) is 11.5. The van der Waals surface area contributed by atoms with Crippen LogP contribution in [0.2, 0.25) is 0 Å². The van der Waals surface area contributed by atoms with Crippen molar-refractivity contribution in [3.05, 3.63) is 54.7 Å². The number of hydrogen-bond acceptors (Lipinski definition) is 6. The lowest BCUT2D eigenvalue weighted by molar-refractivity contribution is 0.0955. The molecule has 8 nitrogen and oxygen atoms in total. The van der Waals surface area contributed by atoms with Crippen LogP contribution in [0.5, 0.6) is 0 Å². The number of fused-ring (bicyclic) bond motifs is 1. The quantitative estimate of drug-likeness (QED) is 0.719. The Hall–Kier alpha value is -2.81. The maximum Gasteiger partial charge on any atom is 0.330 e. The van der Waals surface area contributed by atoms with Crippen LogP contribution in [0, 0.1) is 13.8 Å². The summed E-state index contributed by atoms with van der Waals surface area (Å²) in [6.45, 7) is 3.83. The van der Waals surface area contributed by atoms with Crippen molar-refractivity contribution < 1.29 is 4.79 Å². The summed E-state index contributed by atoms with van der Waals surface area (Å²) in [4.78, 5) is 47.7. The molecule has 0 saturated heterocycles. The zero-order chi connectivity index (χ0) is 17.3. The number of thiazole rings is 1. The van der Waals surface area contributed by atoms with E-state index < -0.39 is 11.2 Å². The van der Waals surface area contributed by atoms with Gasteiger partial charge in [-0.2, -0.15) is 0 Å². The third kappa shape index (κ3) is 2.98. The van der Waals surface area contributed by atoms with E-state index in [1.54, 1.807) is 19.1 Å². The molecule has 2 N–H and O–H groups in total. The minimum absolute atomic E-state index is 0.0710. The van der Waals surface area contributed by atoms with E-state index in [2.05, 4.69) is 20.3 Å². The summed E-state index contributed by atoms with van der Waals surface area (Å²) in [6.07, 6.45) is 1.50. The summed E-state index contributed by atoms with van der Waals surface area (Å²) in [5.41, 5.74) is -0.0588. The molecule has 3 aromatic heterocycles. The summed E-state index contributed by atoms with van der Waals surface area (Å²) in [5, 5.41) is 3.85. The van der Waals surface area contributed by atoms with Gasteiger partial charge in [-0.3, -0.25) is 19.1 Å². The number of aryl methyl sites for hydroxylation is 2. The lowest BCUT2D eigenvalue weighted by Gasteiger charge is -2.07. The molecule has 0 fully saturated rings. The average molecular weight is 345 g/mol. The van der Waals surface area contributed by atoms with Gasteiger partial charge in [0.05, 0.1) is 16.1 Å². The number of pyridine rings is 1. The molecule has 0 aliphatic rings. The Labute approximate surface area is 140 Å². The van der Waals surface area contributed by atoms with Gasteiger partial charge in [0.1, 0.15) is 10.5 Å². The van der Waals surface area contributed by atoms with Crippen LogP contribution in [0.25, 0.3) is 11.0 Å². The molecule has 1 amide bonds. The number of aromatic amines is 1. The van der Waals surface area contributed by atoms with Gasteiger partial charge in [0.2, 0.25) is 0 Å². The molecule has 3 rings (SSSR count). The summed E-state index contributed by atoms with van der Waals surface area (Å²) in [7, 11) is 0. The molecule has 0 radical (unpaired) electrons. The predicted octanol–water partition coefficient (Wildman–Crippen LogP) is 0.588. The number of hydrogen-bond donors (Lipinski definition) is 2. The molecule has 3 aromatic rings. The van der Waals surface area contributed by atoms with Gasteiger partial charge in [0.25, 0.3) is 11.5 Å². The van der Waals surface area contributed by atoms with Gasteiger partial charge >= 0.3 is 5.69 Å². The van der Waals surface area contributed by atoms with Crippen LogP contribution in [0.3, 0.4) is 0 Å². The Morgan fingerprint density at radius 3 is 2.88 bits per heavy atom. The van der Waals surface area contributed by atoms with E-state index in [4.69, 9.17) is 0 Å². The Morgan fingerprint density at radius 2 is 2.17 bits per heavy atom. The standard InChI is InChI=1S/C15H15N5O3S/c1-8-11(24-9(2)18-8)13(21)17-6-7-20-14(22)10-4-3-5-16-12(10)19-15(20)23/h3-5H,6-7H2,1-2H3,(H,17,21)(H,16,19,23). The molecule has 0 aliphatic carbocycles. The summed E-state index contributed by atoms with van der Waals surface area (Å²) < 4.78 is 1.05. The zero-order valence-electron chi connectivity index (χ0n) is 13.1. The number of nitrogens with one attached hydrogen (secondary N) is 2. The van der Waals surface area contributed by atoms with E-state index in [0.717, 1.165) is 9.57 Å². The van der Waals surface area contributed by atoms with Gasteiger partial charge in [0.15, 0.2) is 0 Å². The molecule has 24 heavy (non-hydrogen) atoms. The van der Waals surface area contributed by atoms with E-state index in [-0.39, 0.29) is 24.6 Å². The Bertz CT molecular complexity index is 1030. The van der Waals surface area contributed by atoms with Crippen molar-refractivity contribution >= 4 is 28.3 Å². The molecule has 0 bridgehead atoms. The molecular formula is C15H15N5O3S. The van der Waals surface area contributed by atoms with Crippen molar-refractivity contribution in [1.82, 2.24) is 24.8 Å². The second kappa shape index (κ2) is 6.36. The van der Waals surface area contributed by atoms with Crippen LogP contribution in [0.4, 0.5) is 0 Å². The minimum atomic E-state index is -0.551. The number of rotatable bonds is 4. The average Bonchev–Trinajstić information content (AvgIpc) is 2.89. The fraction of sp³-hybridized carbons (Fsp3) is 0.267. The van der Waals surface area contributed by atoms with Crippen LogP contribution in [0.15, 0.2) is 27.9 Å². The number of nitrogens with zero attached hydrogens (tertiary/aromatic N) is 3. The fourth-order valence-electron chi connectivity index (χ4n) is 2.39. The number of carbonyl (C=O) groups excluding carboxylic acids is 1. The smallest absolute Gasteiger partial charge is 0.330 e. The monoisotopic (exact) mass is 345 g/mol. The zero-order valence-corrected chi connectivity index (χ0v) is 13.9. The van der Waals surface area contributed by atoms with Crippen LogP contribution in [0.1, 0.15) is 20.4 Å². The molecule has 0 aliphatic heterocycles. The summed E-state index contributed by atoms with van der Waals surface area (Å²) >= 11 is 1.31. The highest BCUT2D eigenvalue weighted by molar-refractivity contribution is 7.13. The maximum atomic E-state index is 12.3. The van der Waals surface area contributed by atoms with E-state index in [1.165, 1.54) is 17.5 Å². The van der Waals surface area contributed by atoms with Crippen molar-refractivity contribution in [3.8, 4) is 0 Å². The molecule has 124 valence electrons. The van der Waals surface area contributed by atoms with Gasteiger partial charge < -0.3 is 5.32 Å². The van der Waals surface area contributed by atoms with E-state index >= 15 is 0 Å². The number of amides is 1. The molecular weight excluding hydrogens is 330 g/mol. The second-order valence-electron chi connectivity index (χ2n) is 5.19. The molecule has 0 saturated carbocycles. The van der Waals surface area contributed by atoms with Crippen molar-refractivity contribution in [2.24, 2.45) is 0 Å². The highest BCUT2D eigenvalue weighted by Crippen LogP contribution is 2.16. The molecule has 0 unspecified atom stereocenters. The van der Waals surface area contributed by atoms with Crippen molar-refractivity contribution in [3.63, 3.8) is 0 Å².